The lowest BCUT2D eigenvalue weighted by molar-refractivity contribution is -0.112. The Morgan fingerprint density at radius 1 is 1.13 bits per heavy atom. The van der Waals surface area contributed by atoms with Crippen LogP contribution >= 0.6 is 0 Å². The molecule has 0 saturated carbocycles. The lowest BCUT2D eigenvalue weighted by atomic mass is 10.1. The number of anilines is 1. The molecule has 0 spiro atoms. The third-order valence-electron chi connectivity index (χ3n) is 4.76. The molecule has 0 unspecified atom stereocenters. The van der Waals surface area contributed by atoms with Gasteiger partial charge in [0.25, 0.3) is 5.91 Å². The molecule has 1 aromatic heterocycles. The second kappa shape index (κ2) is 9.09. The number of nitrogens with zero attached hydrogens (tertiary/aromatic N) is 2. The van der Waals surface area contributed by atoms with E-state index in [-0.39, 0.29) is 5.57 Å². The minimum Gasteiger partial charge on any atom is -0.465 e. The number of benzene rings is 2. The number of hydrogen-bond acceptors (Lipinski definition) is 4. The molecule has 0 fully saturated rings. The van der Waals surface area contributed by atoms with Crippen molar-refractivity contribution >= 4 is 23.6 Å². The van der Waals surface area contributed by atoms with Crippen LogP contribution < -0.4 is 5.32 Å². The van der Waals surface area contributed by atoms with Crippen LogP contribution in [0.15, 0.2) is 60.2 Å². The Bertz CT molecular complexity index is 1220. The highest BCUT2D eigenvalue weighted by Gasteiger charge is 2.15. The molecule has 7 heteroatoms. The van der Waals surface area contributed by atoms with E-state index in [2.05, 4.69) is 5.32 Å². The van der Waals surface area contributed by atoms with Crippen molar-refractivity contribution in [2.75, 3.05) is 12.4 Å². The molecule has 1 N–H and O–H groups in total. The normalized spacial score (nSPS) is 11.0. The molecule has 156 valence electrons. The first-order valence-corrected chi connectivity index (χ1v) is 9.40. The van der Waals surface area contributed by atoms with Crippen LogP contribution in [0.1, 0.15) is 27.3 Å². The minimum absolute atomic E-state index is 0.0899. The Kier molecular flexibility index (Phi) is 6.32. The standard InChI is InChI=1S/C24H20FN3O3/c1-15-11-18(12-19(14-26)23(29)27-21-9-7-20(25)8-10-21)16(2)28(15)22-6-4-5-17(13-22)24(30)31-3/h4-13H,1-3H3,(H,27,29). The van der Waals surface area contributed by atoms with Crippen molar-refractivity contribution in [3.05, 3.63) is 88.5 Å². The predicted octanol–water partition coefficient (Wildman–Crippen LogP) is 4.57. The van der Waals surface area contributed by atoms with Crippen molar-refractivity contribution in [1.29, 1.82) is 5.26 Å². The molecule has 2 aromatic carbocycles. The smallest absolute Gasteiger partial charge is 0.337 e. The second-order valence-corrected chi connectivity index (χ2v) is 6.83. The largest absolute Gasteiger partial charge is 0.465 e. The van der Waals surface area contributed by atoms with Crippen LogP contribution in [0.4, 0.5) is 10.1 Å². The number of aryl methyl sites for hydroxylation is 1. The van der Waals surface area contributed by atoms with Crippen LogP contribution in [-0.4, -0.2) is 23.6 Å². The first-order valence-electron chi connectivity index (χ1n) is 9.40. The molecule has 3 rings (SSSR count). The highest BCUT2D eigenvalue weighted by atomic mass is 19.1. The third-order valence-corrected chi connectivity index (χ3v) is 4.76. The first-order chi connectivity index (χ1) is 14.8. The van der Waals surface area contributed by atoms with Crippen molar-refractivity contribution in [1.82, 2.24) is 4.57 Å². The van der Waals surface area contributed by atoms with Crippen molar-refractivity contribution in [3.63, 3.8) is 0 Å². The van der Waals surface area contributed by atoms with Gasteiger partial charge in [0.2, 0.25) is 0 Å². The van der Waals surface area contributed by atoms with Gasteiger partial charge in [-0.1, -0.05) is 6.07 Å². The van der Waals surface area contributed by atoms with E-state index in [1.54, 1.807) is 18.2 Å². The maximum absolute atomic E-state index is 13.0. The Labute approximate surface area is 179 Å². The summed E-state index contributed by atoms with van der Waals surface area (Å²) in [6.07, 6.45) is 1.50. The zero-order valence-corrected chi connectivity index (χ0v) is 17.3. The van der Waals surface area contributed by atoms with Gasteiger partial charge in [0.05, 0.1) is 12.7 Å². The predicted molar refractivity (Wildman–Crippen MR) is 115 cm³/mol. The molecule has 0 bridgehead atoms. The van der Waals surface area contributed by atoms with E-state index < -0.39 is 17.7 Å². The van der Waals surface area contributed by atoms with Gasteiger partial charge in [0.1, 0.15) is 17.5 Å². The fraction of sp³-hybridized carbons (Fsp3) is 0.125. The molecule has 6 nitrogen and oxygen atoms in total. The molecular weight excluding hydrogens is 397 g/mol. The summed E-state index contributed by atoms with van der Waals surface area (Å²) in [4.78, 5) is 24.4. The Morgan fingerprint density at radius 2 is 1.84 bits per heavy atom. The highest BCUT2D eigenvalue weighted by molar-refractivity contribution is 6.09. The van der Waals surface area contributed by atoms with Crippen LogP contribution in [0.5, 0.6) is 0 Å². The van der Waals surface area contributed by atoms with Crippen molar-refractivity contribution in [2.45, 2.75) is 13.8 Å². The van der Waals surface area contributed by atoms with Gasteiger partial charge >= 0.3 is 5.97 Å². The van der Waals surface area contributed by atoms with Gasteiger partial charge in [-0.15, -0.1) is 0 Å². The van der Waals surface area contributed by atoms with Crippen LogP contribution in [0, 0.1) is 31.0 Å². The average Bonchev–Trinajstić information content (AvgIpc) is 3.05. The zero-order chi connectivity index (χ0) is 22.5. The number of ether oxygens (including phenoxy) is 1. The van der Waals surface area contributed by atoms with E-state index in [1.807, 2.05) is 36.6 Å². The van der Waals surface area contributed by atoms with Crippen molar-refractivity contribution < 1.29 is 18.7 Å². The van der Waals surface area contributed by atoms with Gasteiger partial charge in [0.15, 0.2) is 0 Å². The molecule has 1 heterocycles. The van der Waals surface area contributed by atoms with Crippen molar-refractivity contribution in [3.8, 4) is 11.8 Å². The highest BCUT2D eigenvalue weighted by Crippen LogP contribution is 2.24. The van der Waals surface area contributed by atoms with Gasteiger partial charge in [-0.25, -0.2) is 9.18 Å². The van der Waals surface area contributed by atoms with Crippen LogP contribution in [0.3, 0.4) is 0 Å². The van der Waals surface area contributed by atoms with E-state index in [4.69, 9.17) is 4.74 Å². The molecule has 31 heavy (non-hydrogen) atoms. The van der Waals surface area contributed by atoms with Gasteiger partial charge in [-0.3, -0.25) is 4.79 Å². The van der Waals surface area contributed by atoms with Gasteiger partial charge in [0, 0.05) is 22.8 Å². The van der Waals surface area contributed by atoms with E-state index >= 15 is 0 Å². The molecular formula is C24H20FN3O3. The minimum atomic E-state index is -0.591. The molecule has 0 aliphatic carbocycles. The van der Waals surface area contributed by atoms with Crippen LogP contribution in [0.2, 0.25) is 0 Å². The van der Waals surface area contributed by atoms with E-state index in [1.165, 1.54) is 37.5 Å². The summed E-state index contributed by atoms with van der Waals surface area (Å²) >= 11 is 0. The Hall–Kier alpha value is -4.18. The van der Waals surface area contributed by atoms with Gasteiger partial charge in [-0.2, -0.15) is 5.26 Å². The van der Waals surface area contributed by atoms with Crippen molar-refractivity contribution in [2.24, 2.45) is 0 Å². The molecule has 0 radical (unpaired) electrons. The molecule has 0 aliphatic rings. The summed E-state index contributed by atoms with van der Waals surface area (Å²) in [6.45, 7) is 3.75. The molecule has 0 aliphatic heterocycles. The Morgan fingerprint density at radius 3 is 2.48 bits per heavy atom. The van der Waals surface area contributed by atoms with E-state index in [0.29, 0.717) is 16.8 Å². The molecule has 1 amide bonds. The zero-order valence-electron chi connectivity index (χ0n) is 17.3. The van der Waals surface area contributed by atoms with E-state index in [9.17, 15) is 19.2 Å². The number of hydrogen-bond donors (Lipinski definition) is 1. The number of nitriles is 1. The van der Waals surface area contributed by atoms with Gasteiger partial charge in [-0.05, 0) is 74.0 Å². The number of nitrogens with one attached hydrogen (secondary N) is 1. The summed E-state index contributed by atoms with van der Waals surface area (Å²) < 4.78 is 19.8. The summed E-state index contributed by atoms with van der Waals surface area (Å²) in [6, 6.07) is 16.0. The average molecular weight is 417 g/mol. The lowest BCUT2D eigenvalue weighted by Crippen LogP contribution is -2.13. The Balaban J connectivity index is 1.94. The molecule has 0 atom stereocenters. The summed E-state index contributed by atoms with van der Waals surface area (Å²) in [5, 5.41) is 12.1. The fourth-order valence-electron chi connectivity index (χ4n) is 3.26. The monoisotopic (exact) mass is 417 g/mol. The third kappa shape index (κ3) is 4.70. The quantitative estimate of drug-likeness (QED) is 0.375. The SMILES string of the molecule is COC(=O)c1cccc(-n2c(C)cc(C=C(C#N)C(=O)Nc3ccc(F)cc3)c2C)c1. The number of amides is 1. The number of methoxy groups -OCH3 is 1. The maximum atomic E-state index is 13.0. The number of rotatable bonds is 5. The second-order valence-electron chi connectivity index (χ2n) is 6.83. The van der Waals surface area contributed by atoms with Gasteiger partial charge < -0.3 is 14.6 Å². The first kappa shape index (κ1) is 21.5. The fourth-order valence-corrected chi connectivity index (χ4v) is 3.26. The van der Waals surface area contributed by atoms with Crippen LogP contribution in [-0.2, 0) is 9.53 Å². The molecule has 0 saturated heterocycles. The van der Waals surface area contributed by atoms with E-state index in [0.717, 1.165) is 17.1 Å². The summed E-state index contributed by atoms with van der Waals surface area (Å²) in [5.74, 6) is -1.45. The number of aromatic nitrogens is 1. The molecule has 3 aromatic rings. The maximum Gasteiger partial charge on any atom is 0.337 e. The number of carbonyl (C=O) groups excluding carboxylic acids is 2. The van der Waals surface area contributed by atoms with Crippen LogP contribution in [0.25, 0.3) is 11.8 Å². The summed E-state index contributed by atoms with van der Waals surface area (Å²) in [7, 11) is 1.32. The number of carbonyl (C=O) groups is 2. The summed E-state index contributed by atoms with van der Waals surface area (Å²) in [5.41, 5.74) is 3.81. The lowest BCUT2D eigenvalue weighted by Gasteiger charge is -2.11. The number of halogens is 1. The topological polar surface area (TPSA) is 84.1 Å². The number of esters is 1.